The Labute approximate surface area is 100 Å². The normalized spacial score (nSPS) is 10.9. The summed E-state index contributed by atoms with van der Waals surface area (Å²) < 4.78 is 38.5. The molecule has 6 heteroatoms. The Hall–Kier alpha value is -1.62. The minimum absolute atomic E-state index is 0.00346. The number of hydrogen-bond donors (Lipinski definition) is 0. The maximum absolute atomic E-state index is 13.5. The Morgan fingerprint density at radius 2 is 1.94 bits per heavy atom. The van der Waals surface area contributed by atoms with E-state index in [9.17, 15) is 13.2 Å². The first-order valence-corrected chi connectivity index (χ1v) is 5.01. The third-order valence-corrected chi connectivity index (χ3v) is 2.34. The highest BCUT2D eigenvalue weighted by Gasteiger charge is 2.12. The van der Waals surface area contributed by atoms with Crippen molar-refractivity contribution in [2.45, 2.75) is 6.43 Å². The summed E-state index contributed by atoms with van der Waals surface area (Å²) in [6.07, 6.45) is -0.264. The van der Waals surface area contributed by atoms with Crippen LogP contribution in [-0.2, 0) is 0 Å². The Morgan fingerprint density at radius 1 is 1.18 bits per heavy atom. The molecule has 0 unspecified atom stereocenters. The summed E-state index contributed by atoms with van der Waals surface area (Å²) in [4.78, 5) is 7.51. The number of alkyl halides is 2. The van der Waals surface area contributed by atoms with Crippen molar-refractivity contribution < 1.29 is 13.2 Å². The number of aromatic nitrogens is 2. The van der Waals surface area contributed by atoms with Gasteiger partial charge in [-0.25, -0.2) is 18.2 Å². The lowest BCUT2D eigenvalue weighted by Crippen LogP contribution is -1.92. The Bertz CT molecular complexity index is 546. The monoisotopic (exact) mass is 258 g/mol. The van der Waals surface area contributed by atoms with Crippen LogP contribution in [0.15, 0.2) is 30.6 Å². The molecule has 0 spiro atoms. The van der Waals surface area contributed by atoms with E-state index >= 15 is 0 Å². The molecule has 0 aliphatic rings. The van der Waals surface area contributed by atoms with Gasteiger partial charge in [0.25, 0.3) is 6.43 Å². The molecule has 0 saturated heterocycles. The van der Waals surface area contributed by atoms with Gasteiger partial charge in [0.1, 0.15) is 11.0 Å². The minimum atomic E-state index is -2.62. The lowest BCUT2D eigenvalue weighted by atomic mass is 10.1. The van der Waals surface area contributed by atoms with Crippen LogP contribution in [0.5, 0.6) is 0 Å². The highest BCUT2D eigenvalue weighted by atomic mass is 35.5. The zero-order chi connectivity index (χ0) is 12.4. The number of hydrogen-bond acceptors (Lipinski definition) is 2. The Kier molecular flexibility index (Phi) is 3.28. The van der Waals surface area contributed by atoms with E-state index in [0.717, 1.165) is 18.3 Å². The molecule has 2 nitrogen and oxygen atoms in total. The molecular weight excluding hydrogens is 253 g/mol. The van der Waals surface area contributed by atoms with Crippen molar-refractivity contribution in [2.75, 3.05) is 0 Å². The van der Waals surface area contributed by atoms with Crippen LogP contribution in [0.4, 0.5) is 13.2 Å². The third kappa shape index (κ3) is 2.55. The fourth-order valence-corrected chi connectivity index (χ4v) is 1.47. The third-order valence-electron chi connectivity index (χ3n) is 2.13. The quantitative estimate of drug-likeness (QED) is 0.764. The van der Waals surface area contributed by atoms with Crippen molar-refractivity contribution in [1.82, 2.24) is 9.97 Å². The van der Waals surface area contributed by atoms with Gasteiger partial charge in [-0.2, -0.15) is 0 Å². The predicted molar refractivity (Wildman–Crippen MR) is 57.4 cm³/mol. The van der Waals surface area contributed by atoms with Gasteiger partial charge in [-0.1, -0.05) is 11.6 Å². The standard InChI is InChI=1S/C11H6ClF3N2/c12-10-4-8(13)7(5-17-10)9-3-6(11(14)15)1-2-16-9/h1-5,11H. The van der Waals surface area contributed by atoms with Crippen LogP contribution >= 0.6 is 11.6 Å². The predicted octanol–water partition coefficient (Wildman–Crippen LogP) is 3.87. The van der Waals surface area contributed by atoms with Gasteiger partial charge in [0, 0.05) is 24.0 Å². The molecule has 2 aromatic heterocycles. The fourth-order valence-electron chi connectivity index (χ4n) is 1.33. The summed E-state index contributed by atoms with van der Waals surface area (Å²) in [5.74, 6) is -0.649. The SMILES string of the molecule is Fc1cc(Cl)ncc1-c1cc(C(F)F)ccn1. The summed E-state index contributed by atoms with van der Waals surface area (Å²) in [5, 5.41) is -0.00346. The second kappa shape index (κ2) is 4.71. The van der Waals surface area contributed by atoms with Gasteiger partial charge in [0.2, 0.25) is 0 Å². The van der Waals surface area contributed by atoms with Gasteiger partial charge in [-0.3, -0.25) is 4.98 Å². The molecule has 0 N–H and O–H groups in total. The van der Waals surface area contributed by atoms with Crippen LogP contribution in [-0.4, -0.2) is 9.97 Å². The molecule has 0 radical (unpaired) electrons. The molecule has 0 bridgehead atoms. The van der Waals surface area contributed by atoms with E-state index in [2.05, 4.69) is 9.97 Å². The van der Waals surface area contributed by atoms with Gasteiger partial charge >= 0.3 is 0 Å². The molecule has 17 heavy (non-hydrogen) atoms. The molecule has 0 saturated carbocycles. The lowest BCUT2D eigenvalue weighted by molar-refractivity contribution is 0.151. The van der Waals surface area contributed by atoms with E-state index in [4.69, 9.17) is 11.6 Å². The minimum Gasteiger partial charge on any atom is -0.256 e. The van der Waals surface area contributed by atoms with Crippen LogP contribution in [0.2, 0.25) is 5.15 Å². The molecule has 0 aromatic carbocycles. The molecule has 0 aliphatic carbocycles. The average Bonchev–Trinajstić information content (AvgIpc) is 2.29. The van der Waals surface area contributed by atoms with Crippen molar-refractivity contribution in [3.8, 4) is 11.3 Å². The van der Waals surface area contributed by atoms with Crippen LogP contribution in [0.25, 0.3) is 11.3 Å². The number of halogens is 4. The zero-order valence-corrected chi connectivity index (χ0v) is 9.13. The second-order valence-corrected chi connectivity index (χ2v) is 3.65. The lowest BCUT2D eigenvalue weighted by Gasteiger charge is -2.04. The van der Waals surface area contributed by atoms with E-state index in [0.29, 0.717) is 0 Å². The van der Waals surface area contributed by atoms with Crippen LogP contribution in [0, 0.1) is 5.82 Å². The number of rotatable bonds is 2. The average molecular weight is 259 g/mol. The van der Waals surface area contributed by atoms with Gasteiger partial charge in [0.05, 0.1) is 11.3 Å². The van der Waals surface area contributed by atoms with Gasteiger partial charge < -0.3 is 0 Å². The van der Waals surface area contributed by atoms with Gasteiger partial charge in [-0.15, -0.1) is 0 Å². The molecule has 2 rings (SSSR count). The molecule has 0 amide bonds. The van der Waals surface area contributed by atoms with E-state index in [1.54, 1.807) is 0 Å². The fraction of sp³-hybridized carbons (Fsp3) is 0.0909. The van der Waals surface area contributed by atoms with Crippen LogP contribution in [0.1, 0.15) is 12.0 Å². The largest absolute Gasteiger partial charge is 0.263 e. The highest BCUT2D eigenvalue weighted by Crippen LogP contribution is 2.25. The van der Waals surface area contributed by atoms with Gasteiger partial charge in [-0.05, 0) is 12.1 Å². The molecule has 88 valence electrons. The van der Waals surface area contributed by atoms with E-state index in [1.807, 2.05) is 0 Å². The Balaban J connectivity index is 2.49. The van der Waals surface area contributed by atoms with Crippen molar-refractivity contribution in [3.05, 3.63) is 47.1 Å². The maximum atomic E-state index is 13.5. The first-order chi connectivity index (χ1) is 8.08. The molecule has 0 aliphatic heterocycles. The maximum Gasteiger partial charge on any atom is 0.263 e. The van der Waals surface area contributed by atoms with E-state index in [-0.39, 0.29) is 22.0 Å². The molecule has 0 atom stereocenters. The summed E-state index contributed by atoms with van der Waals surface area (Å²) >= 11 is 5.49. The summed E-state index contributed by atoms with van der Waals surface area (Å²) in [6, 6.07) is 3.31. The highest BCUT2D eigenvalue weighted by molar-refractivity contribution is 6.29. The summed E-state index contributed by atoms with van der Waals surface area (Å²) in [6.45, 7) is 0. The summed E-state index contributed by atoms with van der Waals surface area (Å²) in [5.41, 5.74) is -0.0780. The molecule has 2 heterocycles. The molecular formula is C11H6ClF3N2. The Morgan fingerprint density at radius 3 is 2.59 bits per heavy atom. The van der Waals surface area contributed by atoms with Gasteiger partial charge in [0.15, 0.2) is 0 Å². The van der Waals surface area contributed by atoms with E-state index in [1.165, 1.54) is 12.3 Å². The van der Waals surface area contributed by atoms with Crippen molar-refractivity contribution in [2.24, 2.45) is 0 Å². The topological polar surface area (TPSA) is 25.8 Å². The van der Waals surface area contributed by atoms with Crippen molar-refractivity contribution in [1.29, 1.82) is 0 Å². The first-order valence-electron chi connectivity index (χ1n) is 4.63. The molecule has 2 aromatic rings. The second-order valence-electron chi connectivity index (χ2n) is 3.26. The van der Waals surface area contributed by atoms with Crippen molar-refractivity contribution in [3.63, 3.8) is 0 Å². The van der Waals surface area contributed by atoms with Crippen LogP contribution in [0.3, 0.4) is 0 Å². The van der Waals surface area contributed by atoms with Crippen LogP contribution < -0.4 is 0 Å². The summed E-state index contributed by atoms with van der Waals surface area (Å²) in [7, 11) is 0. The van der Waals surface area contributed by atoms with Crippen molar-refractivity contribution >= 4 is 11.6 Å². The smallest absolute Gasteiger partial charge is 0.256 e. The zero-order valence-electron chi connectivity index (χ0n) is 8.37. The first kappa shape index (κ1) is 11.9. The van der Waals surface area contributed by atoms with E-state index < -0.39 is 12.2 Å². The number of nitrogens with zero attached hydrogens (tertiary/aromatic N) is 2. The number of pyridine rings is 2. The molecule has 0 fully saturated rings.